The van der Waals surface area contributed by atoms with Gasteiger partial charge >= 0.3 is 24.1 Å². The van der Waals surface area contributed by atoms with E-state index in [2.05, 4.69) is 15.4 Å². The number of hydrogen-bond donors (Lipinski definition) is 4. The second-order valence-electron chi connectivity index (χ2n) is 15.7. The number of aliphatic hydroxyl groups excluding tert-OH is 2. The molecule has 2 aliphatic rings. The van der Waals surface area contributed by atoms with Gasteiger partial charge in [0.2, 0.25) is 17.6 Å². The van der Waals surface area contributed by atoms with Gasteiger partial charge in [-0.3, -0.25) is 14.4 Å². The Morgan fingerprint density at radius 1 is 0.919 bits per heavy atom. The number of rotatable bonds is 16. The van der Waals surface area contributed by atoms with Crippen molar-refractivity contribution in [2.75, 3.05) is 13.2 Å². The molecule has 0 aromatic heterocycles. The van der Waals surface area contributed by atoms with Crippen LogP contribution in [0.4, 0.5) is 13.2 Å². The number of amides is 2. The Hall–Kier alpha value is -5.88. The van der Waals surface area contributed by atoms with Crippen LogP contribution in [0, 0.1) is 0 Å². The molecule has 332 valence electrons. The Morgan fingerprint density at radius 2 is 1.56 bits per heavy atom. The molecular weight excluding hydrogens is 817 g/mol. The lowest BCUT2D eigenvalue weighted by atomic mass is 9.91. The summed E-state index contributed by atoms with van der Waals surface area (Å²) in [6.07, 6.45) is -6.30. The molecule has 17 heteroatoms. The quantitative estimate of drug-likeness (QED) is 0.0873. The number of hydrogen-bond acceptors (Lipinski definition) is 12. The molecule has 2 amide bonds. The van der Waals surface area contributed by atoms with Crippen molar-refractivity contribution in [3.8, 4) is 0 Å². The highest BCUT2D eigenvalue weighted by atomic mass is 19.4. The molecule has 0 saturated carbocycles. The van der Waals surface area contributed by atoms with Crippen LogP contribution in [0.5, 0.6) is 0 Å². The normalized spacial score (nSPS) is 19.9. The maximum absolute atomic E-state index is 14.1. The standard InChI is InChI=1S/C45H49F3N2O12/c1-27(52)38(41(56)49-33(25-51)19-21-37(54)61-43(2,3)4)50-40(55)30-23-34(59-42(57)29-13-11-12-28(22-29)18-20-36(53)58-26-44(46,47)48)39-35(24-30)60-45(62-39,31-14-7-5-8-15-31)32-16-9-6-10-17-32/h5-18,20,22,24,27,33-35,38-39,51-52H,19,21,23,25-26H2,1-4H3,(H,49,56)(H,50,55)/t27-,33-,34+,35+,38+,39-/m0/s1. The summed E-state index contributed by atoms with van der Waals surface area (Å²) in [5.41, 5.74) is 0.702. The first-order chi connectivity index (χ1) is 29.3. The molecule has 1 heterocycles. The number of fused-ring (bicyclic) bond motifs is 1. The number of halogens is 3. The van der Waals surface area contributed by atoms with Crippen molar-refractivity contribution in [1.82, 2.24) is 10.6 Å². The first-order valence-corrected chi connectivity index (χ1v) is 19.8. The molecule has 62 heavy (non-hydrogen) atoms. The van der Waals surface area contributed by atoms with Gasteiger partial charge in [-0.2, -0.15) is 13.2 Å². The van der Waals surface area contributed by atoms with E-state index < -0.39 is 97.0 Å². The van der Waals surface area contributed by atoms with Gasteiger partial charge in [0.05, 0.1) is 24.3 Å². The molecule has 14 nitrogen and oxygen atoms in total. The minimum Gasteiger partial charge on any atom is -0.460 e. The molecule has 0 bridgehead atoms. The van der Waals surface area contributed by atoms with Gasteiger partial charge in [0.1, 0.15) is 30.0 Å². The SMILES string of the molecule is C[C@H](O)[C@@H](NC(=O)C1=C[C@H]2OC(c3ccccc3)(c3ccccc3)O[C@H]2[C@H](OC(=O)c2cccc(C=CC(=O)OCC(F)(F)F)c2)C1)C(=O)N[C@H](CO)CCC(=O)OC(C)(C)C. The van der Waals surface area contributed by atoms with E-state index in [-0.39, 0.29) is 36.0 Å². The van der Waals surface area contributed by atoms with Gasteiger partial charge in [-0.25, -0.2) is 9.59 Å². The number of esters is 3. The van der Waals surface area contributed by atoms with Crippen molar-refractivity contribution in [2.24, 2.45) is 0 Å². The number of nitrogens with one attached hydrogen (secondary N) is 2. The maximum Gasteiger partial charge on any atom is 0.422 e. The second-order valence-corrected chi connectivity index (χ2v) is 15.7. The predicted octanol–water partition coefficient (Wildman–Crippen LogP) is 4.81. The van der Waals surface area contributed by atoms with Gasteiger partial charge in [-0.1, -0.05) is 72.8 Å². The van der Waals surface area contributed by atoms with Crippen molar-refractivity contribution >= 4 is 35.8 Å². The van der Waals surface area contributed by atoms with Gasteiger partial charge in [-0.05, 0) is 64.0 Å². The van der Waals surface area contributed by atoms with Gasteiger partial charge in [0.25, 0.3) is 0 Å². The second kappa shape index (κ2) is 20.3. The van der Waals surface area contributed by atoms with E-state index in [0.717, 1.165) is 12.2 Å². The van der Waals surface area contributed by atoms with Crippen molar-refractivity contribution < 1.29 is 71.0 Å². The lowest BCUT2D eigenvalue weighted by molar-refractivity contribution is -0.182. The van der Waals surface area contributed by atoms with Gasteiger partial charge in [0, 0.05) is 35.6 Å². The number of carbonyl (C=O) groups is 5. The largest absolute Gasteiger partial charge is 0.460 e. The van der Waals surface area contributed by atoms with Gasteiger partial charge < -0.3 is 44.5 Å². The maximum atomic E-state index is 14.1. The third kappa shape index (κ3) is 12.8. The number of ether oxygens (including phenoxy) is 5. The van der Waals surface area contributed by atoms with E-state index in [1.807, 2.05) is 12.1 Å². The molecule has 5 rings (SSSR count). The minimum atomic E-state index is -4.71. The zero-order chi connectivity index (χ0) is 45.2. The summed E-state index contributed by atoms with van der Waals surface area (Å²) < 4.78 is 66.4. The van der Waals surface area contributed by atoms with Crippen LogP contribution in [0.25, 0.3) is 6.08 Å². The summed E-state index contributed by atoms with van der Waals surface area (Å²) in [7, 11) is 0. The summed E-state index contributed by atoms with van der Waals surface area (Å²) in [4.78, 5) is 65.5. The van der Waals surface area contributed by atoms with Crippen LogP contribution < -0.4 is 10.6 Å². The fourth-order valence-electron chi connectivity index (χ4n) is 6.76. The van der Waals surface area contributed by atoms with E-state index in [1.54, 1.807) is 69.3 Å². The third-order valence-electron chi connectivity index (χ3n) is 9.59. The number of benzene rings is 3. The van der Waals surface area contributed by atoms with Crippen LogP contribution in [0.1, 0.15) is 74.0 Å². The van der Waals surface area contributed by atoms with E-state index >= 15 is 0 Å². The number of alkyl halides is 3. The molecule has 6 atom stereocenters. The van der Waals surface area contributed by atoms with Gasteiger partial charge in [0.15, 0.2) is 6.61 Å². The van der Waals surface area contributed by atoms with Crippen molar-refractivity contribution in [1.29, 1.82) is 0 Å². The number of aliphatic hydroxyl groups is 2. The summed E-state index contributed by atoms with van der Waals surface area (Å²) in [6, 6.07) is 21.2. The molecule has 3 aromatic carbocycles. The monoisotopic (exact) mass is 866 g/mol. The zero-order valence-electron chi connectivity index (χ0n) is 34.4. The molecule has 0 spiro atoms. The molecule has 1 aliphatic carbocycles. The Labute approximate surface area is 356 Å². The Bertz CT molecular complexity index is 2080. The van der Waals surface area contributed by atoms with E-state index in [1.165, 1.54) is 37.3 Å². The molecule has 0 unspecified atom stereocenters. The minimum absolute atomic E-state index is 0.00844. The summed E-state index contributed by atoms with van der Waals surface area (Å²) in [5.74, 6) is -5.87. The molecule has 4 N–H and O–H groups in total. The van der Waals surface area contributed by atoms with Crippen molar-refractivity contribution in [2.45, 2.75) is 101 Å². The number of carbonyl (C=O) groups excluding carboxylic acids is 5. The molecule has 3 aromatic rings. The van der Waals surface area contributed by atoms with E-state index in [9.17, 15) is 47.4 Å². The van der Waals surface area contributed by atoms with Crippen molar-refractivity contribution in [3.05, 3.63) is 125 Å². The zero-order valence-corrected chi connectivity index (χ0v) is 34.4. The summed E-state index contributed by atoms with van der Waals surface area (Å²) in [6.45, 7) is 4.07. The molecule has 0 radical (unpaired) electrons. The fourth-order valence-corrected chi connectivity index (χ4v) is 6.76. The highest BCUT2D eigenvalue weighted by Gasteiger charge is 2.55. The Balaban J connectivity index is 1.40. The average molecular weight is 867 g/mol. The van der Waals surface area contributed by atoms with Gasteiger partial charge in [-0.15, -0.1) is 0 Å². The first-order valence-electron chi connectivity index (χ1n) is 19.8. The molecule has 1 aliphatic heterocycles. The van der Waals surface area contributed by atoms with Crippen LogP contribution in [0.15, 0.2) is 103 Å². The highest BCUT2D eigenvalue weighted by molar-refractivity contribution is 5.98. The average Bonchev–Trinajstić information content (AvgIpc) is 3.63. The lowest BCUT2D eigenvalue weighted by Gasteiger charge is -2.32. The predicted molar refractivity (Wildman–Crippen MR) is 216 cm³/mol. The smallest absolute Gasteiger partial charge is 0.422 e. The first kappa shape index (κ1) is 47.2. The Kier molecular flexibility index (Phi) is 15.5. The van der Waals surface area contributed by atoms with E-state index in [4.69, 9.17) is 18.9 Å². The molecule has 1 fully saturated rings. The van der Waals surface area contributed by atoms with Crippen LogP contribution in [0.2, 0.25) is 0 Å². The summed E-state index contributed by atoms with van der Waals surface area (Å²) in [5, 5.41) is 25.7. The van der Waals surface area contributed by atoms with Crippen LogP contribution in [-0.2, 0) is 48.6 Å². The topological polar surface area (TPSA) is 196 Å². The fraction of sp³-hybridized carbons (Fsp3) is 0.400. The van der Waals surface area contributed by atoms with Crippen LogP contribution in [0.3, 0.4) is 0 Å². The van der Waals surface area contributed by atoms with Crippen LogP contribution in [-0.4, -0.2) is 101 Å². The van der Waals surface area contributed by atoms with Crippen molar-refractivity contribution in [3.63, 3.8) is 0 Å². The molecular formula is C45H49F3N2O12. The van der Waals surface area contributed by atoms with Crippen LogP contribution >= 0.6 is 0 Å². The third-order valence-corrected chi connectivity index (χ3v) is 9.59. The lowest BCUT2D eigenvalue weighted by Crippen LogP contribution is -2.55. The Morgan fingerprint density at radius 3 is 2.15 bits per heavy atom. The molecule has 1 saturated heterocycles. The highest BCUT2D eigenvalue weighted by Crippen LogP contribution is 2.47. The summed E-state index contributed by atoms with van der Waals surface area (Å²) >= 11 is 0. The van der Waals surface area contributed by atoms with E-state index in [0.29, 0.717) is 11.1 Å².